The van der Waals surface area contributed by atoms with Gasteiger partial charge in [-0.25, -0.2) is 9.59 Å². The number of hydrogen-bond donors (Lipinski definition) is 3. The number of hydrogen-bond acceptors (Lipinski definition) is 6. The second-order valence-electron chi connectivity index (χ2n) is 8.39. The lowest BCUT2D eigenvalue weighted by atomic mass is 9.97. The fraction of sp³-hybridized carbons (Fsp3) is 0.360. The molecule has 2 aromatic carbocycles. The number of halogens is 1. The van der Waals surface area contributed by atoms with Crippen molar-refractivity contribution in [2.45, 2.75) is 25.0 Å². The first kappa shape index (κ1) is 27.0. The predicted molar refractivity (Wildman–Crippen MR) is 131 cm³/mol. The number of carboxylic acid groups (broad SMARTS) is 1. The molecule has 1 heterocycles. The van der Waals surface area contributed by atoms with Gasteiger partial charge in [-0.2, -0.15) is 0 Å². The van der Waals surface area contributed by atoms with E-state index < -0.39 is 36.0 Å². The van der Waals surface area contributed by atoms with E-state index in [-0.39, 0.29) is 39.0 Å². The number of carbonyl (C=O) groups is 4. The van der Waals surface area contributed by atoms with Crippen molar-refractivity contribution in [3.63, 3.8) is 0 Å². The number of nitrogens with zero attached hydrogens (tertiary/aromatic N) is 2. The molecule has 3 amide bonds. The van der Waals surface area contributed by atoms with Gasteiger partial charge in [0, 0.05) is 49.2 Å². The minimum Gasteiger partial charge on any atom is -0.479 e. The predicted octanol–water partition coefficient (Wildman–Crippen LogP) is 1.78. The minimum atomic E-state index is -1.73. The maximum absolute atomic E-state index is 12.7. The molecule has 192 valence electrons. The highest BCUT2D eigenvalue weighted by Crippen LogP contribution is 2.29. The summed E-state index contributed by atoms with van der Waals surface area (Å²) in [5.41, 5.74) is 2.44. The number of nitrogens with one attached hydrogen (secondary N) is 1. The third-order valence-electron chi connectivity index (χ3n) is 5.92. The van der Waals surface area contributed by atoms with Crippen LogP contribution in [0.5, 0.6) is 0 Å². The normalized spacial score (nSPS) is 15.1. The van der Waals surface area contributed by atoms with Crippen molar-refractivity contribution in [2.24, 2.45) is 0 Å². The number of methoxy groups -OCH3 is 1. The molecular weight excluding hydrogens is 490 g/mol. The lowest BCUT2D eigenvalue weighted by Gasteiger charge is -2.33. The van der Waals surface area contributed by atoms with Crippen LogP contribution in [0.1, 0.15) is 12.0 Å². The van der Waals surface area contributed by atoms with Gasteiger partial charge in [0.15, 0.2) is 6.10 Å². The fourth-order valence-electron chi connectivity index (χ4n) is 4.00. The molecule has 1 saturated heterocycles. The van der Waals surface area contributed by atoms with Crippen molar-refractivity contribution in [3.05, 3.63) is 59.1 Å². The molecule has 0 saturated carbocycles. The first-order valence-electron chi connectivity index (χ1n) is 11.4. The van der Waals surface area contributed by atoms with Crippen LogP contribution in [0, 0.1) is 0 Å². The highest BCUT2D eigenvalue weighted by molar-refractivity contribution is 6.35. The van der Waals surface area contributed by atoms with Gasteiger partial charge >= 0.3 is 23.9 Å². The summed E-state index contributed by atoms with van der Waals surface area (Å²) in [6.45, 7) is 0.749. The molecule has 10 nitrogen and oxygen atoms in total. The highest BCUT2D eigenvalue weighted by Gasteiger charge is 2.30. The van der Waals surface area contributed by atoms with E-state index in [1.165, 1.54) is 16.9 Å². The van der Waals surface area contributed by atoms with Crippen LogP contribution in [0.2, 0.25) is 5.02 Å². The third-order valence-corrected chi connectivity index (χ3v) is 6.24. The Balaban J connectivity index is 1.69. The smallest absolute Gasteiger partial charge is 0.409 e. The van der Waals surface area contributed by atoms with Crippen LogP contribution in [0.3, 0.4) is 0 Å². The van der Waals surface area contributed by atoms with Crippen molar-refractivity contribution in [1.29, 1.82) is 0 Å². The summed E-state index contributed by atoms with van der Waals surface area (Å²) in [6.07, 6.45) is -2.39. The second kappa shape index (κ2) is 12.4. The molecule has 1 fully saturated rings. The summed E-state index contributed by atoms with van der Waals surface area (Å²) in [6, 6.07) is 14.0. The number of ether oxygens (including phenoxy) is 1. The number of aliphatic carboxylic acids is 1. The number of piperazine rings is 1. The molecule has 36 heavy (non-hydrogen) atoms. The minimum absolute atomic E-state index is 0.147. The van der Waals surface area contributed by atoms with Crippen LogP contribution >= 0.6 is 11.6 Å². The summed E-state index contributed by atoms with van der Waals surface area (Å²) in [7, 11) is 1.27. The number of carbonyl (C=O) groups excluding carboxylic acids is 3. The van der Waals surface area contributed by atoms with Crippen molar-refractivity contribution >= 4 is 35.5 Å². The van der Waals surface area contributed by atoms with E-state index >= 15 is 0 Å². The number of rotatable bonds is 7. The molecule has 1 aliphatic rings. The Labute approximate surface area is 213 Å². The molecule has 0 bridgehead atoms. The van der Waals surface area contributed by atoms with Gasteiger partial charge in [-0.3, -0.25) is 9.59 Å². The first-order valence-corrected chi connectivity index (χ1v) is 11.7. The van der Waals surface area contributed by atoms with Crippen LogP contribution in [0.25, 0.3) is 11.1 Å². The van der Waals surface area contributed by atoms with Gasteiger partial charge in [-0.05, 0) is 23.6 Å². The summed E-state index contributed by atoms with van der Waals surface area (Å²) in [5.74, 6) is -3.15. The van der Waals surface area contributed by atoms with Crippen LogP contribution in [-0.4, -0.2) is 89.3 Å². The van der Waals surface area contributed by atoms with E-state index in [9.17, 15) is 24.3 Å². The van der Waals surface area contributed by atoms with E-state index in [4.69, 9.17) is 16.7 Å². The topological polar surface area (TPSA) is 136 Å². The van der Waals surface area contributed by atoms with E-state index in [1.807, 2.05) is 36.4 Å². The number of aliphatic hydroxyl groups excluding tert-OH is 1. The van der Waals surface area contributed by atoms with E-state index in [1.54, 1.807) is 12.1 Å². The highest BCUT2D eigenvalue weighted by atomic mass is 35.5. The van der Waals surface area contributed by atoms with E-state index in [0.29, 0.717) is 10.6 Å². The summed E-state index contributed by atoms with van der Waals surface area (Å²) in [4.78, 5) is 51.0. The van der Waals surface area contributed by atoms with Gasteiger partial charge in [0.05, 0.1) is 7.11 Å². The largest absolute Gasteiger partial charge is 0.479 e. The molecule has 0 aliphatic carbocycles. The SMILES string of the molecule is COC(=O)N1CCN(C(=O)C(=O)N[C@H](Cc2ccc(-c3ccccc3)c(Cl)c2)C[C@@H](O)C(=O)O)CC1. The maximum atomic E-state index is 12.7. The molecule has 3 N–H and O–H groups in total. The Hall–Kier alpha value is -3.63. The van der Waals surface area contributed by atoms with Crippen LogP contribution in [0.15, 0.2) is 48.5 Å². The molecule has 0 spiro atoms. The molecule has 11 heteroatoms. The van der Waals surface area contributed by atoms with Gasteiger partial charge in [-0.15, -0.1) is 0 Å². The van der Waals surface area contributed by atoms with Gasteiger partial charge in [0.2, 0.25) is 0 Å². The number of amides is 3. The molecule has 2 aromatic rings. The molecule has 0 unspecified atom stereocenters. The monoisotopic (exact) mass is 517 g/mol. The first-order chi connectivity index (χ1) is 17.2. The molecule has 3 rings (SSSR count). The summed E-state index contributed by atoms with van der Waals surface area (Å²) in [5, 5.41) is 22.1. The van der Waals surface area contributed by atoms with Gasteiger partial charge < -0.3 is 30.1 Å². The number of aliphatic hydroxyl groups is 1. The van der Waals surface area contributed by atoms with Crippen molar-refractivity contribution < 1.29 is 34.1 Å². The average molecular weight is 518 g/mol. The van der Waals surface area contributed by atoms with Gasteiger partial charge in [0.25, 0.3) is 0 Å². The number of carboxylic acids is 1. The second-order valence-corrected chi connectivity index (χ2v) is 8.80. The van der Waals surface area contributed by atoms with Crippen molar-refractivity contribution in [3.8, 4) is 11.1 Å². The van der Waals surface area contributed by atoms with Crippen LogP contribution in [-0.2, 0) is 25.5 Å². The molecule has 0 radical (unpaired) electrons. The standard InChI is InChI=1S/C25H28ClN3O7/c1-36-25(35)29-11-9-28(10-12-29)23(32)22(31)27-18(15-21(30)24(33)34)13-16-7-8-19(20(26)14-16)17-5-3-2-4-6-17/h2-8,14,18,21,30H,9-13,15H2,1H3,(H,27,31)(H,33,34)/t18-,21-/m1/s1. The Morgan fingerprint density at radius 2 is 1.67 bits per heavy atom. The summed E-state index contributed by atoms with van der Waals surface area (Å²) >= 11 is 6.48. The molecular formula is C25H28ClN3O7. The van der Waals surface area contributed by atoms with Crippen molar-refractivity contribution in [1.82, 2.24) is 15.1 Å². The average Bonchev–Trinajstić information content (AvgIpc) is 2.88. The lowest BCUT2D eigenvalue weighted by Crippen LogP contribution is -2.55. The quantitative estimate of drug-likeness (QED) is 0.476. The summed E-state index contributed by atoms with van der Waals surface area (Å²) < 4.78 is 4.66. The molecule has 2 atom stereocenters. The Morgan fingerprint density at radius 3 is 2.25 bits per heavy atom. The lowest BCUT2D eigenvalue weighted by molar-refractivity contribution is -0.149. The zero-order chi connectivity index (χ0) is 26.2. The maximum Gasteiger partial charge on any atom is 0.409 e. The molecule has 0 aromatic heterocycles. The Bertz CT molecular complexity index is 1100. The number of benzene rings is 2. The van der Waals surface area contributed by atoms with Crippen LogP contribution < -0.4 is 5.32 Å². The third kappa shape index (κ3) is 6.96. The molecule has 1 aliphatic heterocycles. The van der Waals surface area contributed by atoms with Crippen LogP contribution in [0.4, 0.5) is 4.79 Å². The zero-order valence-electron chi connectivity index (χ0n) is 19.7. The fourth-order valence-corrected chi connectivity index (χ4v) is 4.31. The van der Waals surface area contributed by atoms with Crippen molar-refractivity contribution in [2.75, 3.05) is 33.3 Å². The van der Waals surface area contributed by atoms with E-state index in [2.05, 4.69) is 10.1 Å². The van der Waals surface area contributed by atoms with E-state index in [0.717, 1.165) is 11.1 Å². The van der Waals surface area contributed by atoms with Gasteiger partial charge in [0.1, 0.15) is 0 Å². The zero-order valence-corrected chi connectivity index (χ0v) is 20.5. The Kier molecular flexibility index (Phi) is 9.26. The van der Waals surface area contributed by atoms with Gasteiger partial charge in [-0.1, -0.05) is 54.1 Å². The Morgan fingerprint density at radius 1 is 1.03 bits per heavy atom.